The summed E-state index contributed by atoms with van der Waals surface area (Å²) in [5.74, 6) is -5.34. The van der Waals surface area contributed by atoms with Gasteiger partial charge in [0.2, 0.25) is 0 Å². The molecular formula is C45H69AsN18O18S3. The van der Waals surface area contributed by atoms with Gasteiger partial charge in [-0.2, -0.15) is 0 Å². The average molecular weight is 1320 g/mol. The fourth-order valence-corrected chi connectivity index (χ4v) is 26.7. The second-order valence-electron chi connectivity index (χ2n) is 21.2. The number of nitrogens with two attached hydrogens (primary N) is 6. The van der Waals surface area contributed by atoms with Gasteiger partial charge in [0.05, 0.1) is 0 Å². The molecule has 3 saturated heterocycles. The fraction of sp³-hybridized carbons (Fsp3) is 0.600. The zero-order valence-electron chi connectivity index (χ0n) is 45.7. The van der Waals surface area contributed by atoms with Crippen LogP contribution in [-0.2, 0) is 38.1 Å². The van der Waals surface area contributed by atoms with Crippen LogP contribution in [0.4, 0.5) is 17.5 Å². The van der Waals surface area contributed by atoms with Crippen molar-refractivity contribution in [2.45, 2.75) is 111 Å². The Bertz CT molecular complexity index is 3040. The van der Waals surface area contributed by atoms with Crippen LogP contribution in [0, 0.1) is 0 Å². The van der Waals surface area contributed by atoms with Crippen LogP contribution in [0.1, 0.15) is 37.9 Å². The molecule has 0 saturated carbocycles. The number of nitrogens with zero attached hydrogens (tertiary/aromatic N) is 12. The Morgan fingerprint density at radius 3 is 0.988 bits per heavy atom. The van der Waals surface area contributed by atoms with Crippen molar-refractivity contribution in [3.05, 3.63) is 38.0 Å². The molecule has 9 rings (SSSR count). The van der Waals surface area contributed by atoms with Crippen molar-refractivity contribution in [2.24, 2.45) is 17.2 Å². The van der Waals surface area contributed by atoms with E-state index in [4.69, 9.17) is 58.1 Å². The zero-order chi connectivity index (χ0) is 61.6. The zero-order valence-corrected chi connectivity index (χ0v) is 50.0. The molecule has 3 fully saturated rings. The molecule has 40 heteroatoms. The van der Waals surface area contributed by atoms with Crippen molar-refractivity contribution in [3.8, 4) is 0 Å². The molecule has 0 radical (unpaired) electrons. The Hall–Kier alpha value is -5.53. The van der Waals surface area contributed by atoms with Crippen LogP contribution >= 0.6 is 30.9 Å². The minimum absolute atomic E-state index is 0.0258. The van der Waals surface area contributed by atoms with Gasteiger partial charge in [0.15, 0.2) is 0 Å². The van der Waals surface area contributed by atoms with E-state index in [0.717, 1.165) is 0 Å². The van der Waals surface area contributed by atoms with Crippen molar-refractivity contribution in [1.29, 1.82) is 0 Å². The third-order valence-electron chi connectivity index (χ3n) is 14.8. The minimum atomic E-state index is -4.27. The Kier molecular flexibility index (Phi) is 19.3. The number of imidazole rings is 3. The number of nitrogen functional groups attached to an aromatic ring is 3. The number of aliphatic hydroxyl groups is 6. The standard InChI is InChI=1S/C45H69AsN18O18S3/c1-83(7-4-19(47)43(71)72,10-22-28(65)31(68)40(77-22)62-16-59-25-34(50)53-13-56-37(25)62)80-46(81-84(2,8-5-20(48)44(73)74)11-23-29(66)32(69)41(78-23)63-17-60-26-35(51)54-14-57-38(26)63)82-85(3,9-6-21(49)45(75)76)12-24-30(67)33(70)42(79-24)64-18-61-27-36(52)55-15-58-39(27)64/h13-24,28-33,40-42,65-70H,4-12,47-49H2,1-3H3,(H,71,72)(H,73,74)(H,75,76)(H2,50,53,56)(H2,51,54,57)(H2,52,55,58)/t19-,20-,21-,22+,23+,24+,28+,29+,30+,31+,32+,33+,40+,41+,42+/m0/s1. The molecule has 36 nitrogen and oxygen atoms in total. The molecule has 470 valence electrons. The van der Waals surface area contributed by atoms with Crippen molar-refractivity contribution < 1.29 is 84.1 Å². The molecule has 9 heterocycles. The Balaban J connectivity index is 1.11. The molecule has 85 heavy (non-hydrogen) atoms. The number of fused-ring (bicyclic) bond motifs is 3. The van der Waals surface area contributed by atoms with Crippen LogP contribution in [0.25, 0.3) is 33.5 Å². The summed E-state index contributed by atoms with van der Waals surface area (Å²) in [7, 11) is -9.04. The monoisotopic (exact) mass is 1320 g/mol. The molecule has 0 bridgehead atoms. The number of carbonyl (C=O) groups is 3. The van der Waals surface area contributed by atoms with E-state index >= 15 is 0 Å². The fourth-order valence-electron chi connectivity index (χ4n) is 9.93. The van der Waals surface area contributed by atoms with Crippen LogP contribution in [0.5, 0.6) is 0 Å². The van der Waals surface area contributed by atoms with Crippen molar-refractivity contribution in [1.82, 2.24) is 58.6 Å². The number of anilines is 3. The summed E-state index contributed by atoms with van der Waals surface area (Å²) in [6.45, 7) is 0. The normalized spacial score (nSPS) is 30.1. The summed E-state index contributed by atoms with van der Waals surface area (Å²) in [5.41, 5.74) is 37.6. The molecule has 3 aliphatic rings. The van der Waals surface area contributed by atoms with Crippen LogP contribution in [0.2, 0.25) is 0 Å². The van der Waals surface area contributed by atoms with E-state index in [2.05, 4.69) is 44.9 Å². The summed E-state index contributed by atoms with van der Waals surface area (Å²) in [5, 5.41) is 100. The van der Waals surface area contributed by atoms with Gasteiger partial charge in [0.1, 0.15) is 0 Å². The molecule has 0 aliphatic carbocycles. The number of aliphatic hydroxyl groups excluding tert-OH is 6. The topological polar surface area (TPSA) is 576 Å². The predicted octanol–water partition coefficient (Wildman–Crippen LogP) is -4.40. The number of aromatic nitrogens is 12. The van der Waals surface area contributed by atoms with Crippen LogP contribution in [-0.4, -0.2) is 264 Å². The number of hydrogen-bond donors (Lipinski definition) is 15. The van der Waals surface area contributed by atoms with Crippen LogP contribution < -0.4 is 34.4 Å². The first-order chi connectivity index (χ1) is 40.1. The van der Waals surface area contributed by atoms with Gasteiger partial charge in [0.25, 0.3) is 0 Å². The van der Waals surface area contributed by atoms with Gasteiger partial charge in [0, 0.05) is 0 Å². The summed E-state index contributed by atoms with van der Waals surface area (Å²) in [6.07, 6.45) is -6.25. The maximum atomic E-state index is 12.3. The second kappa shape index (κ2) is 25.7. The number of carboxylic acid groups (broad SMARTS) is 3. The summed E-state index contributed by atoms with van der Waals surface area (Å²) in [4.78, 5) is 74.4. The first-order valence-electron chi connectivity index (χ1n) is 26.0. The number of hydrogen-bond acceptors (Lipinski definition) is 30. The van der Waals surface area contributed by atoms with E-state index in [0.29, 0.717) is 0 Å². The molecular weight excluding hydrogens is 1250 g/mol. The van der Waals surface area contributed by atoms with Crippen molar-refractivity contribution in [3.63, 3.8) is 0 Å². The van der Waals surface area contributed by atoms with Gasteiger partial charge < -0.3 is 0 Å². The van der Waals surface area contributed by atoms with Crippen molar-refractivity contribution in [2.75, 3.05) is 70.5 Å². The number of rotatable bonds is 27. The van der Waals surface area contributed by atoms with Crippen LogP contribution in [0.15, 0.2) is 38.0 Å². The summed E-state index contributed by atoms with van der Waals surface area (Å²) < 4.78 is 44.9. The van der Waals surface area contributed by atoms with E-state index in [-0.39, 0.29) is 105 Å². The van der Waals surface area contributed by atoms with Gasteiger partial charge in [-0.25, -0.2) is 0 Å². The molecule has 0 aromatic carbocycles. The number of ether oxygens (including phenoxy) is 3. The Morgan fingerprint density at radius 1 is 0.482 bits per heavy atom. The molecule has 6 aromatic rings. The van der Waals surface area contributed by atoms with Gasteiger partial charge >= 0.3 is 495 Å². The summed E-state index contributed by atoms with van der Waals surface area (Å²) in [6, 6.07) is -4.41. The second-order valence-corrected chi connectivity index (χ2v) is 34.7. The SMILES string of the molecule is CS(CC[C@H](N)C(=O)O)(C[C@H]1O[C@@H](n2cnc3c(N)ncnc32)[C@H](O)[C@@H]1O)O[As](OS(C)(CC[C@H](N)C(=O)O)C[C@H]1O[C@@H](n2cnc3c(N)ncnc32)[C@H](O)[C@@H]1O)OS(C)(CC[C@H](N)C(=O)O)C[C@H]1O[C@@H](n2cnc3c(N)ncnc32)[C@H](O)[C@@H]1O. The summed E-state index contributed by atoms with van der Waals surface area (Å²) >= 11 is -4.27. The third kappa shape index (κ3) is 13.6. The van der Waals surface area contributed by atoms with Gasteiger partial charge in [-0.1, -0.05) is 0 Å². The van der Waals surface area contributed by atoms with E-state index in [1.54, 1.807) is 18.8 Å². The molecule has 0 spiro atoms. The van der Waals surface area contributed by atoms with Crippen LogP contribution in [0.3, 0.4) is 0 Å². The van der Waals surface area contributed by atoms with E-state index < -0.39 is 156 Å². The van der Waals surface area contributed by atoms with E-state index in [1.165, 1.54) is 51.7 Å². The van der Waals surface area contributed by atoms with Crippen molar-refractivity contribution >= 4 is 115 Å². The van der Waals surface area contributed by atoms with Gasteiger partial charge in [-0.15, -0.1) is 0 Å². The molecule has 3 aliphatic heterocycles. The Labute approximate surface area is 492 Å². The number of aliphatic carboxylic acids is 3. The maximum absolute atomic E-state index is 12.3. The predicted molar refractivity (Wildman–Crippen MR) is 306 cm³/mol. The quantitative estimate of drug-likeness (QED) is 0.0217. The third-order valence-corrected chi connectivity index (χ3v) is 31.7. The molecule has 3 unspecified atom stereocenters. The first-order valence-corrected chi connectivity index (χ1v) is 35.2. The molecule has 0 amide bonds. The Morgan fingerprint density at radius 2 is 0.741 bits per heavy atom. The molecule has 21 N–H and O–H groups in total. The molecule has 18 atom stereocenters. The van der Waals surface area contributed by atoms with Gasteiger partial charge in [-0.05, 0) is 0 Å². The van der Waals surface area contributed by atoms with Gasteiger partial charge in [-0.3, -0.25) is 0 Å². The molecule has 6 aromatic heterocycles. The van der Waals surface area contributed by atoms with E-state index in [9.17, 15) is 60.3 Å². The first kappa shape index (κ1) is 64.0. The number of carboxylic acids is 3. The average Bonchev–Trinajstić information content (AvgIpc) is 1.85. The van der Waals surface area contributed by atoms with E-state index in [1.807, 2.05) is 0 Å².